The first-order valence-electron chi connectivity index (χ1n) is 7.91. The summed E-state index contributed by atoms with van der Waals surface area (Å²) in [5, 5.41) is 15.5. The van der Waals surface area contributed by atoms with Gasteiger partial charge in [-0.25, -0.2) is 9.59 Å². The quantitative estimate of drug-likeness (QED) is 0.864. The molecule has 1 spiro atoms. The van der Waals surface area contributed by atoms with Crippen molar-refractivity contribution in [2.45, 2.75) is 44.8 Å². The molecule has 1 aromatic heterocycles. The van der Waals surface area contributed by atoms with Crippen LogP contribution in [0, 0.1) is 0 Å². The summed E-state index contributed by atoms with van der Waals surface area (Å²) < 4.78 is 5.42. The van der Waals surface area contributed by atoms with Gasteiger partial charge in [0, 0.05) is 19.5 Å². The van der Waals surface area contributed by atoms with Gasteiger partial charge in [0.1, 0.15) is 15.6 Å². The van der Waals surface area contributed by atoms with Crippen molar-refractivity contribution in [2.24, 2.45) is 0 Å². The Hall–Kier alpha value is -1.90. The van der Waals surface area contributed by atoms with Crippen LogP contribution in [-0.4, -0.2) is 52.5 Å². The van der Waals surface area contributed by atoms with Crippen LogP contribution in [-0.2, 0) is 17.7 Å². The molecule has 0 saturated carbocycles. The average Bonchev–Trinajstić information content (AvgIpc) is 3.09. The Morgan fingerprint density at radius 1 is 1.39 bits per heavy atom. The number of amides is 3. The summed E-state index contributed by atoms with van der Waals surface area (Å²) in [7, 11) is 0. The molecule has 126 valence electrons. The molecule has 9 heteroatoms. The van der Waals surface area contributed by atoms with E-state index in [9.17, 15) is 9.59 Å². The zero-order valence-corrected chi connectivity index (χ0v) is 13.9. The lowest BCUT2D eigenvalue weighted by molar-refractivity contribution is 0.0453. The van der Waals surface area contributed by atoms with Crippen molar-refractivity contribution in [1.82, 2.24) is 25.7 Å². The number of nitrogens with zero attached hydrogens (tertiary/aromatic N) is 3. The SMILES string of the molecule is CCc1nnc(CNC(=O)N2CCC[C@]3(CC2)CNC(=O)O3)s1. The van der Waals surface area contributed by atoms with Gasteiger partial charge < -0.3 is 20.3 Å². The summed E-state index contributed by atoms with van der Waals surface area (Å²) in [4.78, 5) is 25.4. The van der Waals surface area contributed by atoms with E-state index >= 15 is 0 Å². The van der Waals surface area contributed by atoms with E-state index < -0.39 is 5.60 Å². The molecule has 2 fully saturated rings. The van der Waals surface area contributed by atoms with Crippen LogP contribution in [0.3, 0.4) is 0 Å². The zero-order chi connectivity index (χ0) is 16.3. The van der Waals surface area contributed by atoms with Gasteiger partial charge in [-0.3, -0.25) is 0 Å². The van der Waals surface area contributed by atoms with Crippen LogP contribution < -0.4 is 10.6 Å². The maximum Gasteiger partial charge on any atom is 0.407 e. The minimum Gasteiger partial charge on any atom is -0.441 e. The standard InChI is InChI=1S/C14H21N5O3S/c1-2-10-17-18-11(23-10)8-15-12(20)19-6-3-4-14(5-7-19)9-16-13(21)22-14/h2-9H2,1H3,(H,15,20)(H,16,21)/t14-/m0/s1. The number of alkyl carbamates (subject to hydrolysis) is 1. The molecule has 0 unspecified atom stereocenters. The predicted octanol–water partition coefficient (Wildman–Crippen LogP) is 1.27. The normalized spacial score (nSPS) is 24.2. The highest BCUT2D eigenvalue weighted by atomic mass is 32.1. The van der Waals surface area contributed by atoms with E-state index in [0.717, 1.165) is 29.3 Å². The van der Waals surface area contributed by atoms with Crippen molar-refractivity contribution in [3.8, 4) is 0 Å². The fraction of sp³-hybridized carbons (Fsp3) is 0.714. The molecule has 3 rings (SSSR count). The number of urea groups is 1. The number of hydrogen-bond acceptors (Lipinski definition) is 6. The van der Waals surface area contributed by atoms with Gasteiger partial charge in [-0.05, 0) is 19.3 Å². The molecule has 2 N–H and O–H groups in total. The molecule has 3 amide bonds. The van der Waals surface area contributed by atoms with Gasteiger partial charge >= 0.3 is 12.1 Å². The fourth-order valence-electron chi connectivity index (χ4n) is 2.92. The Kier molecular flexibility index (Phi) is 4.65. The summed E-state index contributed by atoms with van der Waals surface area (Å²) in [5.41, 5.74) is -0.443. The van der Waals surface area contributed by atoms with Gasteiger partial charge in [0.2, 0.25) is 0 Å². The minimum absolute atomic E-state index is 0.104. The van der Waals surface area contributed by atoms with Crippen LogP contribution in [0.25, 0.3) is 0 Å². The highest BCUT2D eigenvalue weighted by Gasteiger charge is 2.41. The van der Waals surface area contributed by atoms with Gasteiger partial charge in [0.15, 0.2) is 0 Å². The van der Waals surface area contributed by atoms with Crippen molar-refractivity contribution >= 4 is 23.5 Å². The monoisotopic (exact) mass is 339 g/mol. The highest BCUT2D eigenvalue weighted by Crippen LogP contribution is 2.29. The smallest absolute Gasteiger partial charge is 0.407 e. The van der Waals surface area contributed by atoms with E-state index in [1.807, 2.05) is 6.92 Å². The maximum absolute atomic E-state index is 12.3. The average molecular weight is 339 g/mol. The molecule has 1 aromatic rings. The van der Waals surface area contributed by atoms with E-state index in [1.54, 1.807) is 4.90 Å². The van der Waals surface area contributed by atoms with Gasteiger partial charge in [-0.2, -0.15) is 0 Å². The number of likely N-dealkylation sites (tertiary alicyclic amines) is 1. The van der Waals surface area contributed by atoms with E-state index in [-0.39, 0.29) is 12.1 Å². The number of hydrogen-bond donors (Lipinski definition) is 2. The van der Waals surface area contributed by atoms with Gasteiger partial charge in [0.05, 0.1) is 13.1 Å². The Morgan fingerprint density at radius 2 is 2.22 bits per heavy atom. The Balaban J connectivity index is 1.51. The van der Waals surface area contributed by atoms with Crippen LogP contribution in [0.15, 0.2) is 0 Å². The highest BCUT2D eigenvalue weighted by molar-refractivity contribution is 7.11. The first-order chi connectivity index (χ1) is 11.1. The number of aryl methyl sites for hydroxylation is 1. The Labute approximate surface area is 138 Å². The van der Waals surface area contributed by atoms with Crippen LogP contribution >= 0.6 is 11.3 Å². The molecular formula is C14H21N5O3S. The first kappa shape index (κ1) is 16.0. The zero-order valence-electron chi connectivity index (χ0n) is 13.1. The molecule has 0 aromatic carbocycles. The van der Waals surface area contributed by atoms with Gasteiger partial charge in [0.25, 0.3) is 0 Å². The number of ether oxygens (including phenoxy) is 1. The largest absolute Gasteiger partial charge is 0.441 e. The topological polar surface area (TPSA) is 96.5 Å². The predicted molar refractivity (Wildman–Crippen MR) is 84.2 cm³/mol. The number of carbonyl (C=O) groups is 2. The third-order valence-electron chi connectivity index (χ3n) is 4.25. The molecule has 3 heterocycles. The lowest BCUT2D eigenvalue weighted by Crippen LogP contribution is -2.41. The molecule has 1 atom stereocenters. The van der Waals surface area contributed by atoms with Crippen molar-refractivity contribution in [2.75, 3.05) is 19.6 Å². The number of aromatic nitrogens is 2. The number of rotatable bonds is 3. The summed E-state index contributed by atoms with van der Waals surface area (Å²) in [6.45, 7) is 4.21. The van der Waals surface area contributed by atoms with Crippen molar-refractivity contribution < 1.29 is 14.3 Å². The summed E-state index contributed by atoms with van der Waals surface area (Å²) >= 11 is 1.52. The summed E-state index contributed by atoms with van der Waals surface area (Å²) in [6.07, 6.45) is 2.77. The minimum atomic E-state index is -0.443. The first-order valence-corrected chi connectivity index (χ1v) is 8.73. The van der Waals surface area contributed by atoms with Crippen LogP contribution in [0.5, 0.6) is 0 Å². The molecular weight excluding hydrogens is 318 g/mol. The maximum atomic E-state index is 12.3. The lowest BCUT2D eigenvalue weighted by atomic mass is 9.95. The molecule has 0 radical (unpaired) electrons. The van der Waals surface area contributed by atoms with Crippen molar-refractivity contribution in [1.29, 1.82) is 0 Å². The molecule has 2 aliphatic heterocycles. The lowest BCUT2D eigenvalue weighted by Gasteiger charge is -2.25. The second-order valence-corrected chi connectivity index (χ2v) is 7.02. The third-order valence-corrected chi connectivity index (χ3v) is 5.32. The third kappa shape index (κ3) is 3.72. The number of nitrogens with one attached hydrogen (secondary N) is 2. The summed E-state index contributed by atoms with van der Waals surface area (Å²) in [6, 6.07) is -0.104. The Bertz CT molecular complexity index is 593. The molecule has 0 aliphatic carbocycles. The number of carbonyl (C=O) groups excluding carboxylic acids is 2. The van der Waals surface area contributed by atoms with Crippen LogP contribution in [0.4, 0.5) is 9.59 Å². The van der Waals surface area contributed by atoms with E-state index in [1.165, 1.54) is 11.3 Å². The molecule has 2 saturated heterocycles. The molecule has 8 nitrogen and oxygen atoms in total. The van der Waals surface area contributed by atoms with Gasteiger partial charge in [-0.15, -0.1) is 10.2 Å². The molecule has 23 heavy (non-hydrogen) atoms. The summed E-state index contributed by atoms with van der Waals surface area (Å²) in [5.74, 6) is 0. The van der Waals surface area contributed by atoms with Crippen molar-refractivity contribution in [3.63, 3.8) is 0 Å². The van der Waals surface area contributed by atoms with Crippen molar-refractivity contribution in [3.05, 3.63) is 10.0 Å². The van der Waals surface area contributed by atoms with E-state index in [0.29, 0.717) is 32.6 Å². The molecule has 2 aliphatic rings. The Morgan fingerprint density at radius 3 is 2.91 bits per heavy atom. The van der Waals surface area contributed by atoms with E-state index in [2.05, 4.69) is 20.8 Å². The van der Waals surface area contributed by atoms with Crippen LogP contribution in [0.2, 0.25) is 0 Å². The fourth-order valence-corrected chi connectivity index (χ4v) is 3.64. The van der Waals surface area contributed by atoms with E-state index in [4.69, 9.17) is 4.74 Å². The molecule has 0 bridgehead atoms. The van der Waals surface area contributed by atoms with Crippen LogP contribution in [0.1, 0.15) is 36.2 Å². The van der Waals surface area contributed by atoms with Gasteiger partial charge in [-0.1, -0.05) is 18.3 Å². The second kappa shape index (κ2) is 6.69. The second-order valence-electron chi connectivity index (χ2n) is 5.87.